The Morgan fingerprint density at radius 2 is 1.53 bits per heavy atom. The second-order valence-electron chi connectivity index (χ2n) is 7.82. The van der Waals surface area contributed by atoms with Crippen LogP contribution in [0.1, 0.15) is 46.0 Å². The number of nitrogens with one attached hydrogen (secondary N) is 4. The summed E-state index contributed by atoms with van der Waals surface area (Å²) < 4.78 is 0. The third-order valence-corrected chi connectivity index (χ3v) is 5.23. The molecule has 32 heavy (non-hydrogen) atoms. The van der Waals surface area contributed by atoms with Crippen LogP contribution in [0.3, 0.4) is 0 Å². The quantitative estimate of drug-likeness (QED) is 0.152. The highest BCUT2D eigenvalue weighted by Gasteiger charge is 2.34. The summed E-state index contributed by atoms with van der Waals surface area (Å²) in [4.78, 5) is 71.7. The van der Waals surface area contributed by atoms with E-state index in [2.05, 4.69) is 21.3 Å². The van der Waals surface area contributed by atoms with Crippen molar-refractivity contribution in [3.8, 4) is 0 Å². The molecule has 13 heteroatoms. The third-order valence-electron chi connectivity index (χ3n) is 5.23. The molecule has 0 radical (unpaired) electrons. The summed E-state index contributed by atoms with van der Waals surface area (Å²) in [6, 6.07) is -4.59. The van der Waals surface area contributed by atoms with E-state index < -0.39 is 66.6 Å². The number of hydrogen-bond acceptors (Lipinski definition) is 7. The van der Waals surface area contributed by atoms with Gasteiger partial charge in [0, 0.05) is 0 Å². The van der Waals surface area contributed by atoms with Gasteiger partial charge in [0.05, 0.1) is 18.9 Å². The Bertz CT molecular complexity index is 738. The second kappa shape index (κ2) is 12.6. The number of amides is 5. The van der Waals surface area contributed by atoms with E-state index in [-0.39, 0.29) is 11.8 Å². The van der Waals surface area contributed by atoms with Gasteiger partial charge in [-0.1, -0.05) is 20.3 Å². The lowest BCUT2D eigenvalue weighted by atomic mass is 9.97. The molecule has 1 fully saturated rings. The van der Waals surface area contributed by atoms with Crippen LogP contribution in [0.2, 0.25) is 0 Å². The zero-order valence-electron chi connectivity index (χ0n) is 18.2. The molecule has 0 spiro atoms. The van der Waals surface area contributed by atoms with Crippen molar-refractivity contribution in [1.29, 1.82) is 0 Å². The van der Waals surface area contributed by atoms with E-state index in [0.29, 0.717) is 19.4 Å². The van der Waals surface area contributed by atoms with Gasteiger partial charge in [-0.25, -0.2) is 4.79 Å². The van der Waals surface area contributed by atoms with Crippen LogP contribution < -0.4 is 32.7 Å². The average molecular weight is 457 g/mol. The number of carboxylic acids is 1. The van der Waals surface area contributed by atoms with Gasteiger partial charge in [-0.05, 0) is 25.3 Å². The lowest BCUT2D eigenvalue weighted by molar-refractivity contribution is -0.144. The van der Waals surface area contributed by atoms with Crippen molar-refractivity contribution in [2.45, 2.75) is 70.1 Å². The van der Waals surface area contributed by atoms with E-state index in [1.807, 2.05) is 6.92 Å². The van der Waals surface area contributed by atoms with Crippen LogP contribution in [0.25, 0.3) is 0 Å². The highest BCUT2D eigenvalue weighted by atomic mass is 16.4. The van der Waals surface area contributed by atoms with E-state index >= 15 is 0 Å². The van der Waals surface area contributed by atoms with Crippen LogP contribution in [0.5, 0.6) is 0 Å². The molecule has 180 valence electrons. The van der Waals surface area contributed by atoms with Crippen LogP contribution in [0, 0.1) is 5.92 Å². The first kappa shape index (κ1) is 26.8. The zero-order chi connectivity index (χ0) is 24.4. The normalized spacial score (nSPS) is 19.1. The Balaban J connectivity index is 2.96. The third kappa shape index (κ3) is 8.49. The fourth-order valence-electron chi connectivity index (χ4n) is 3.21. The maximum Gasteiger partial charge on any atom is 0.326 e. The van der Waals surface area contributed by atoms with Gasteiger partial charge < -0.3 is 37.8 Å². The van der Waals surface area contributed by atoms with Gasteiger partial charge in [-0.2, -0.15) is 0 Å². The van der Waals surface area contributed by atoms with Gasteiger partial charge in [-0.3, -0.25) is 24.0 Å². The number of hydrogen-bond donors (Lipinski definition) is 7. The maximum absolute atomic E-state index is 12.9. The van der Waals surface area contributed by atoms with Gasteiger partial charge in [0.25, 0.3) is 0 Å². The number of carbonyl (C=O) groups is 6. The molecule has 0 aromatic carbocycles. The summed E-state index contributed by atoms with van der Waals surface area (Å²) in [5.74, 6) is -5.83. The minimum absolute atomic E-state index is 0.306. The summed E-state index contributed by atoms with van der Waals surface area (Å²) in [6.45, 7) is 4.25. The summed E-state index contributed by atoms with van der Waals surface area (Å²) >= 11 is 0. The smallest absolute Gasteiger partial charge is 0.326 e. The SMILES string of the molecule is CCC(C)C(NC(=O)C1CCCN1)C(=O)NC(CC(N)=O)C(=O)NC(CC(N)=O)C(=O)O. The predicted molar refractivity (Wildman–Crippen MR) is 112 cm³/mol. The topological polar surface area (TPSA) is 223 Å². The Morgan fingerprint density at radius 3 is 2.00 bits per heavy atom. The largest absolute Gasteiger partial charge is 0.480 e. The first-order valence-corrected chi connectivity index (χ1v) is 10.4. The molecule has 5 atom stereocenters. The molecular weight excluding hydrogens is 424 g/mol. The van der Waals surface area contributed by atoms with Crippen LogP contribution in [-0.4, -0.2) is 71.3 Å². The Hall–Kier alpha value is -3.22. The zero-order valence-corrected chi connectivity index (χ0v) is 18.2. The second-order valence-corrected chi connectivity index (χ2v) is 7.82. The van der Waals surface area contributed by atoms with E-state index in [4.69, 9.17) is 16.6 Å². The van der Waals surface area contributed by atoms with Crippen molar-refractivity contribution in [2.24, 2.45) is 17.4 Å². The van der Waals surface area contributed by atoms with Crippen LogP contribution in [0.15, 0.2) is 0 Å². The molecule has 5 amide bonds. The van der Waals surface area contributed by atoms with Crippen molar-refractivity contribution in [2.75, 3.05) is 6.54 Å². The maximum atomic E-state index is 12.9. The lowest BCUT2D eigenvalue weighted by Gasteiger charge is -2.27. The van der Waals surface area contributed by atoms with Crippen molar-refractivity contribution in [1.82, 2.24) is 21.3 Å². The standard InChI is InChI=1S/C19H32N6O7/c1-3-9(2)15(25-16(28)10-5-4-6-22-10)18(30)23-11(7-13(20)26)17(29)24-12(19(31)32)8-14(21)27/h9-12,15,22H,3-8H2,1-2H3,(H2,20,26)(H2,21,27)(H,23,30)(H,24,29)(H,25,28)(H,31,32). The fourth-order valence-corrected chi connectivity index (χ4v) is 3.21. The molecule has 0 bridgehead atoms. The molecule has 0 saturated carbocycles. The van der Waals surface area contributed by atoms with Gasteiger partial charge >= 0.3 is 5.97 Å². The van der Waals surface area contributed by atoms with E-state index in [0.717, 1.165) is 6.42 Å². The van der Waals surface area contributed by atoms with Crippen molar-refractivity contribution in [3.05, 3.63) is 0 Å². The molecule has 0 aliphatic carbocycles. The summed E-state index contributed by atoms with van der Waals surface area (Å²) in [7, 11) is 0. The highest BCUT2D eigenvalue weighted by molar-refractivity contribution is 5.96. The minimum atomic E-state index is -1.65. The highest BCUT2D eigenvalue weighted by Crippen LogP contribution is 2.11. The number of carboxylic acid groups (broad SMARTS) is 1. The summed E-state index contributed by atoms with van der Waals surface area (Å²) in [5, 5.41) is 19.3. The van der Waals surface area contributed by atoms with E-state index in [9.17, 15) is 28.8 Å². The monoisotopic (exact) mass is 456 g/mol. The van der Waals surface area contributed by atoms with Gasteiger partial charge in [-0.15, -0.1) is 0 Å². The first-order valence-electron chi connectivity index (χ1n) is 10.4. The van der Waals surface area contributed by atoms with Crippen LogP contribution in [0.4, 0.5) is 0 Å². The molecular formula is C19H32N6O7. The van der Waals surface area contributed by atoms with E-state index in [1.165, 1.54) is 0 Å². The van der Waals surface area contributed by atoms with Crippen molar-refractivity contribution < 1.29 is 33.9 Å². The average Bonchev–Trinajstić information content (AvgIpc) is 3.24. The Morgan fingerprint density at radius 1 is 0.969 bits per heavy atom. The first-order chi connectivity index (χ1) is 15.0. The van der Waals surface area contributed by atoms with Crippen molar-refractivity contribution >= 4 is 35.5 Å². The molecule has 1 saturated heterocycles. The lowest BCUT2D eigenvalue weighted by Crippen LogP contribution is -2.59. The molecule has 0 aromatic rings. The molecule has 5 unspecified atom stereocenters. The summed E-state index contributed by atoms with van der Waals surface area (Å²) in [5.41, 5.74) is 10.2. The van der Waals surface area contributed by atoms with E-state index in [1.54, 1.807) is 6.92 Å². The van der Waals surface area contributed by atoms with Gasteiger partial charge in [0.15, 0.2) is 0 Å². The van der Waals surface area contributed by atoms with Gasteiger partial charge in [0.1, 0.15) is 18.1 Å². The Labute approximate surface area is 185 Å². The van der Waals surface area contributed by atoms with Crippen LogP contribution >= 0.6 is 0 Å². The molecule has 1 aliphatic heterocycles. The molecule has 13 nitrogen and oxygen atoms in total. The summed E-state index contributed by atoms with van der Waals surface area (Å²) in [6.07, 6.45) is 0.686. The number of carbonyl (C=O) groups excluding carboxylic acids is 5. The van der Waals surface area contributed by atoms with Crippen LogP contribution in [-0.2, 0) is 28.8 Å². The number of aliphatic carboxylic acids is 1. The predicted octanol–water partition coefficient (Wildman–Crippen LogP) is -2.93. The number of primary amides is 2. The van der Waals surface area contributed by atoms with Gasteiger partial charge in [0.2, 0.25) is 29.5 Å². The van der Waals surface area contributed by atoms with Crippen molar-refractivity contribution in [3.63, 3.8) is 0 Å². The molecule has 1 rings (SSSR count). The number of rotatable bonds is 13. The molecule has 1 heterocycles. The molecule has 9 N–H and O–H groups in total. The minimum Gasteiger partial charge on any atom is -0.480 e. The number of nitrogens with two attached hydrogens (primary N) is 2. The molecule has 0 aromatic heterocycles. The Kier molecular flexibility index (Phi) is 10.5. The fraction of sp³-hybridized carbons (Fsp3) is 0.684. The molecule has 1 aliphatic rings.